The number of anilines is 2. The van der Waals surface area contributed by atoms with E-state index in [1.807, 2.05) is 24.3 Å². The maximum atomic E-state index is 12.6. The van der Waals surface area contributed by atoms with Gasteiger partial charge in [0.15, 0.2) is 10.9 Å². The molecule has 6 nitrogen and oxygen atoms in total. The van der Waals surface area contributed by atoms with E-state index in [4.69, 9.17) is 0 Å². The summed E-state index contributed by atoms with van der Waals surface area (Å²) in [5.74, 6) is -0.634. The lowest BCUT2D eigenvalue weighted by atomic mass is 10.0. The number of halogens is 1. The van der Waals surface area contributed by atoms with E-state index in [0.717, 1.165) is 28.7 Å². The Labute approximate surface area is 162 Å². The van der Waals surface area contributed by atoms with Crippen LogP contribution in [0, 0.1) is 5.92 Å². The fraction of sp³-hybridized carbons (Fsp3) is 0.333. The van der Waals surface area contributed by atoms with Crippen LogP contribution in [-0.2, 0) is 16.0 Å². The summed E-state index contributed by atoms with van der Waals surface area (Å²) in [6, 6.07) is 7.46. The lowest BCUT2D eigenvalue weighted by Gasteiger charge is -2.16. The van der Waals surface area contributed by atoms with Crippen molar-refractivity contribution < 1.29 is 14.4 Å². The second-order valence-electron chi connectivity index (χ2n) is 6.45. The van der Waals surface area contributed by atoms with Crippen molar-refractivity contribution in [2.75, 3.05) is 16.8 Å². The van der Waals surface area contributed by atoms with Crippen LogP contribution in [0.1, 0.15) is 34.6 Å². The van der Waals surface area contributed by atoms with Crippen molar-refractivity contribution in [3.8, 4) is 0 Å². The number of rotatable bonds is 3. The van der Waals surface area contributed by atoms with E-state index < -0.39 is 5.92 Å². The lowest BCUT2D eigenvalue weighted by Crippen LogP contribution is -2.28. The number of nitrogens with zero attached hydrogens (tertiary/aromatic N) is 2. The van der Waals surface area contributed by atoms with Crippen molar-refractivity contribution in [1.82, 2.24) is 4.98 Å². The third-order valence-corrected chi connectivity index (χ3v) is 6.16. The molecule has 2 aromatic rings. The standard InChI is InChI=1S/C18H16BrN3O3S/c19-11-3-1-4-12(8-11)22-9-10(7-15(22)24)17(25)21-18-20-13-5-2-6-14(23)16(13)26-18/h1,3-4,8,10H,2,5-7,9H2,(H,20,21,25). The molecular formula is C18H16BrN3O3S. The van der Waals surface area contributed by atoms with Crippen LogP contribution in [0.5, 0.6) is 0 Å². The number of thiazole rings is 1. The molecule has 26 heavy (non-hydrogen) atoms. The van der Waals surface area contributed by atoms with Gasteiger partial charge in [-0.2, -0.15) is 0 Å². The number of hydrogen-bond donors (Lipinski definition) is 1. The Morgan fingerprint density at radius 2 is 2.15 bits per heavy atom. The van der Waals surface area contributed by atoms with Crippen molar-refractivity contribution in [2.24, 2.45) is 5.92 Å². The number of Topliss-reactive ketones (excluding diaryl/α,β-unsaturated/α-hetero) is 1. The smallest absolute Gasteiger partial charge is 0.231 e. The van der Waals surface area contributed by atoms with Gasteiger partial charge in [0.1, 0.15) is 0 Å². The molecule has 1 aromatic heterocycles. The topological polar surface area (TPSA) is 79.4 Å². The minimum Gasteiger partial charge on any atom is -0.312 e. The van der Waals surface area contributed by atoms with Crippen LogP contribution in [0.3, 0.4) is 0 Å². The molecule has 0 bridgehead atoms. The van der Waals surface area contributed by atoms with Crippen LogP contribution in [0.4, 0.5) is 10.8 Å². The highest BCUT2D eigenvalue weighted by Gasteiger charge is 2.35. The molecule has 2 heterocycles. The number of hydrogen-bond acceptors (Lipinski definition) is 5. The summed E-state index contributed by atoms with van der Waals surface area (Å²) in [5, 5.41) is 3.24. The van der Waals surface area contributed by atoms with Gasteiger partial charge in [-0.15, -0.1) is 0 Å². The van der Waals surface area contributed by atoms with Gasteiger partial charge in [-0.1, -0.05) is 33.3 Å². The number of aryl methyl sites for hydroxylation is 1. The van der Waals surface area contributed by atoms with Crippen LogP contribution in [-0.4, -0.2) is 29.1 Å². The SMILES string of the molecule is O=C1CCCc2nc(NC(=O)C3CC(=O)N(c4cccc(Br)c4)C3)sc21. The van der Waals surface area contributed by atoms with Gasteiger partial charge in [-0.25, -0.2) is 4.98 Å². The molecule has 0 radical (unpaired) electrons. The molecule has 0 saturated carbocycles. The normalized spacial score (nSPS) is 19.6. The molecule has 1 aliphatic heterocycles. The van der Waals surface area contributed by atoms with Crippen LogP contribution >= 0.6 is 27.3 Å². The highest BCUT2D eigenvalue weighted by Crippen LogP contribution is 2.31. The Morgan fingerprint density at radius 1 is 1.31 bits per heavy atom. The molecule has 2 aliphatic rings. The number of carbonyl (C=O) groups is 3. The van der Waals surface area contributed by atoms with Crippen molar-refractivity contribution in [3.05, 3.63) is 39.3 Å². The van der Waals surface area contributed by atoms with Gasteiger partial charge in [-0.05, 0) is 31.0 Å². The number of benzene rings is 1. The highest BCUT2D eigenvalue weighted by molar-refractivity contribution is 9.10. The van der Waals surface area contributed by atoms with Gasteiger partial charge in [0.2, 0.25) is 11.8 Å². The lowest BCUT2D eigenvalue weighted by molar-refractivity contribution is -0.122. The fourth-order valence-corrected chi connectivity index (χ4v) is 4.68. The Morgan fingerprint density at radius 3 is 2.92 bits per heavy atom. The first kappa shape index (κ1) is 17.4. The molecule has 1 atom stereocenters. The zero-order chi connectivity index (χ0) is 18.3. The molecule has 1 unspecified atom stereocenters. The summed E-state index contributed by atoms with van der Waals surface area (Å²) in [6.45, 7) is 0.338. The maximum Gasteiger partial charge on any atom is 0.231 e. The minimum atomic E-state index is -0.432. The largest absolute Gasteiger partial charge is 0.312 e. The summed E-state index contributed by atoms with van der Waals surface area (Å²) in [4.78, 5) is 43.5. The first-order valence-corrected chi connectivity index (χ1v) is 10.0. The van der Waals surface area contributed by atoms with Gasteiger partial charge in [0.25, 0.3) is 0 Å². The zero-order valence-corrected chi connectivity index (χ0v) is 16.2. The molecule has 1 aromatic carbocycles. The van der Waals surface area contributed by atoms with E-state index in [1.165, 1.54) is 11.3 Å². The molecule has 8 heteroatoms. The summed E-state index contributed by atoms with van der Waals surface area (Å²) >= 11 is 4.63. The van der Waals surface area contributed by atoms with Gasteiger partial charge in [0, 0.05) is 29.5 Å². The predicted octanol–water partition coefficient (Wildman–Crippen LogP) is 3.42. The molecule has 134 valence electrons. The Balaban J connectivity index is 1.46. The predicted molar refractivity (Wildman–Crippen MR) is 103 cm³/mol. The van der Waals surface area contributed by atoms with Gasteiger partial charge >= 0.3 is 0 Å². The average Bonchev–Trinajstić information content (AvgIpc) is 3.19. The van der Waals surface area contributed by atoms with Crippen molar-refractivity contribution in [3.63, 3.8) is 0 Å². The van der Waals surface area contributed by atoms with Crippen LogP contribution in [0.25, 0.3) is 0 Å². The van der Waals surface area contributed by atoms with Crippen molar-refractivity contribution >= 4 is 55.7 Å². The zero-order valence-electron chi connectivity index (χ0n) is 13.8. The Bertz CT molecular complexity index is 911. The Hall–Kier alpha value is -2.06. The van der Waals surface area contributed by atoms with Gasteiger partial charge < -0.3 is 10.2 Å². The monoisotopic (exact) mass is 433 g/mol. The third kappa shape index (κ3) is 3.31. The van der Waals surface area contributed by atoms with Crippen LogP contribution < -0.4 is 10.2 Å². The van der Waals surface area contributed by atoms with E-state index in [1.54, 1.807) is 4.90 Å². The highest BCUT2D eigenvalue weighted by atomic mass is 79.9. The number of carbonyl (C=O) groups excluding carboxylic acids is 3. The first-order chi connectivity index (χ1) is 12.5. The number of amides is 2. The molecular weight excluding hydrogens is 418 g/mol. The molecule has 1 N–H and O–H groups in total. The summed E-state index contributed by atoms with van der Waals surface area (Å²) in [7, 11) is 0. The maximum absolute atomic E-state index is 12.6. The van der Waals surface area contributed by atoms with Crippen LogP contribution in [0.2, 0.25) is 0 Å². The number of ketones is 1. The van der Waals surface area contributed by atoms with E-state index in [0.29, 0.717) is 23.0 Å². The van der Waals surface area contributed by atoms with Crippen molar-refractivity contribution in [2.45, 2.75) is 25.7 Å². The minimum absolute atomic E-state index is 0.0724. The van der Waals surface area contributed by atoms with Crippen LogP contribution in [0.15, 0.2) is 28.7 Å². The first-order valence-electron chi connectivity index (χ1n) is 8.41. The Kier molecular flexibility index (Phi) is 4.62. The van der Waals surface area contributed by atoms with E-state index >= 15 is 0 Å². The number of fused-ring (bicyclic) bond motifs is 1. The quantitative estimate of drug-likeness (QED) is 0.803. The third-order valence-electron chi connectivity index (χ3n) is 4.61. The number of aromatic nitrogens is 1. The summed E-state index contributed by atoms with van der Waals surface area (Å²) in [5.41, 5.74) is 1.55. The van der Waals surface area contributed by atoms with E-state index in [2.05, 4.69) is 26.2 Å². The second kappa shape index (κ2) is 6.92. The van der Waals surface area contributed by atoms with E-state index in [9.17, 15) is 14.4 Å². The fourth-order valence-electron chi connectivity index (χ4n) is 3.31. The molecule has 1 aliphatic carbocycles. The molecule has 0 spiro atoms. The van der Waals surface area contributed by atoms with Crippen molar-refractivity contribution in [1.29, 1.82) is 0 Å². The summed E-state index contributed by atoms with van der Waals surface area (Å²) in [6.07, 6.45) is 2.29. The molecule has 1 fully saturated rings. The molecule has 2 amide bonds. The summed E-state index contributed by atoms with van der Waals surface area (Å²) < 4.78 is 0.883. The van der Waals surface area contributed by atoms with Gasteiger partial charge in [-0.3, -0.25) is 14.4 Å². The number of nitrogens with one attached hydrogen (secondary N) is 1. The molecule has 1 saturated heterocycles. The van der Waals surface area contributed by atoms with Gasteiger partial charge in [0.05, 0.1) is 16.5 Å². The second-order valence-corrected chi connectivity index (χ2v) is 8.36. The molecule has 4 rings (SSSR count). The average molecular weight is 434 g/mol. The van der Waals surface area contributed by atoms with E-state index in [-0.39, 0.29) is 24.0 Å².